The zero-order valence-electron chi connectivity index (χ0n) is 11.0. The Morgan fingerprint density at radius 2 is 2.05 bits per heavy atom. The van der Waals surface area contributed by atoms with Gasteiger partial charge in [-0.25, -0.2) is 9.18 Å². The van der Waals surface area contributed by atoms with E-state index in [0.717, 1.165) is 6.92 Å². The number of rotatable bonds is 2. The minimum absolute atomic E-state index is 0.167. The third kappa shape index (κ3) is 2.34. The molecule has 1 aliphatic rings. The fourth-order valence-corrected chi connectivity index (χ4v) is 2.27. The highest BCUT2D eigenvalue weighted by Crippen LogP contribution is 2.51. The van der Waals surface area contributed by atoms with Crippen LogP contribution in [-0.4, -0.2) is 49.9 Å². The summed E-state index contributed by atoms with van der Waals surface area (Å²) in [7, 11) is 0. The average Bonchev–Trinajstić information content (AvgIpc) is 2.64. The second kappa shape index (κ2) is 5.18. The number of ether oxygens (including phenoxy) is 1. The van der Waals surface area contributed by atoms with Crippen LogP contribution in [0.15, 0.2) is 21.9 Å². The normalized spacial score (nSPS) is 33.9. The van der Waals surface area contributed by atoms with Gasteiger partial charge in [-0.15, -0.1) is 0 Å². The molecule has 1 aromatic heterocycles. The second-order valence-electron chi connectivity index (χ2n) is 4.92. The summed E-state index contributed by atoms with van der Waals surface area (Å²) in [5.74, 6) is 0. The number of aliphatic hydroxyl groups excluding tert-OH is 2. The molecule has 2 unspecified atom stereocenters. The number of aliphatic hydroxyl groups is 2. The lowest BCUT2D eigenvalue weighted by molar-refractivity contribution is -0.274. The summed E-state index contributed by atoms with van der Waals surface area (Å²) < 4.78 is 58.8. The van der Waals surface area contributed by atoms with E-state index in [-0.39, 0.29) is 4.57 Å². The molecule has 0 amide bonds. The van der Waals surface area contributed by atoms with Crippen molar-refractivity contribution in [1.82, 2.24) is 9.55 Å². The Morgan fingerprint density at radius 1 is 1.45 bits per heavy atom. The molecular formula is C11H12F4N2O5. The first kappa shape index (κ1) is 16.6. The smallest absolute Gasteiger partial charge is 0.391 e. The molecule has 0 aromatic carbocycles. The minimum Gasteiger partial charge on any atom is -0.391 e. The summed E-state index contributed by atoms with van der Waals surface area (Å²) >= 11 is 0. The van der Waals surface area contributed by atoms with Gasteiger partial charge < -0.3 is 14.9 Å². The molecule has 3 N–H and O–H groups in total. The number of hydrogen-bond donors (Lipinski definition) is 3. The van der Waals surface area contributed by atoms with Crippen molar-refractivity contribution in [3.63, 3.8) is 0 Å². The highest BCUT2D eigenvalue weighted by atomic mass is 19.4. The van der Waals surface area contributed by atoms with Crippen molar-refractivity contribution in [2.75, 3.05) is 0 Å². The van der Waals surface area contributed by atoms with E-state index in [1.165, 1.54) is 0 Å². The Hall–Kier alpha value is -1.72. The first-order chi connectivity index (χ1) is 10.00. The molecule has 7 nitrogen and oxygen atoms in total. The van der Waals surface area contributed by atoms with Gasteiger partial charge in [0.15, 0.2) is 6.23 Å². The van der Waals surface area contributed by atoms with Crippen LogP contribution in [-0.2, 0) is 4.74 Å². The van der Waals surface area contributed by atoms with E-state index in [4.69, 9.17) is 4.74 Å². The van der Waals surface area contributed by atoms with Crippen LogP contribution in [0, 0.1) is 0 Å². The lowest BCUT2D eigenvalue weighted by Crippen LogP contribution is -2.56. The van der Waals surface area contributed by atoms with Crippen molar-refractivity contribution in [1.29, 1.82) is 0 Å². The number of H-pyrrole nitrogens is 1. The van der Waals surface area contributed by atoms with E-state index >= 15 is 0 Å². The topological polar surface area (TPSA) is 105 Å². The fraction of sp³-hybridized carbons (Fsp3) is 0.636. The molecule has 1 saturated heterocycles. The lowest BCUT2D eigenvalue weighted by Gasteiger charge is -2.31. The highest BCUT2D eigenvalue weighted by molar-refractivity contribution is 5.08. The molecule has 2 rings (SSSR count). The van der Waals surface area contributed by atoms with Crippen LogP contribution < -0.4 is 11.2 Å². The number of aromatic nitrogens is 2. The molecule has 0 aliphatic carbocycles. The van der Waals surface area contributed by atoms with Crippen LogP contribution in [0.1, 0.15) is 13.2 Å². The summed E-state index contributed by atoms with van der Waals surface area (Å²) in [6.07, 6.45) is -13.9. The zero-order chi connectivity index (χ0) is 16.9. The van der Waals surface area contributed by atoms with Gasteiger partial charge in [0, 0.05) is 12.3 Å². The molecule has 11 heteroatoms. The zero-order valence-corrected chi connectivity index (χ0v) is 11.0. The largest absolute Gasteiger partial charge is 0.429 e. The molecule has 0 bridgehead atoms. The van der Waals surface area contributed by atoms with Crippen molar-refractivity contribution in [2.45, 2.75) is 43.3 Å². The van der Waals surface area contributed by atoms with Gasteiger partial charge in [-0.1, -0.05) is 0 Å². The van der Waals surface area contributed by atoms with Gasteiger partial charge in [0.05, 0.1) is 6.10 Å². The summed E-state index contributed by atoms with van der Waals surface area (Å²) in [6, 6.07) is 0.698. The van der Waals surface area contributed by atoms with Crippen LogP contribution >= 0.6 is 0 Å². The molecule has 5 atom stereocenters. The Morgan fingerprint density at radius 3 is 2.50 bits per heavy atom. The number of hydrogen-bond acceptors (Lipinski definition) is 5. The van der Waals surface area contributed by atoms with Gasteiger partial charge in [0.25, 0.3) is 11.2 Å². The van der Waals surface area contributed by atoms with E-state index in [1.54, 1.807) is 4.98 Å². The van der Waals surface area contributed by atoms with Gasteiger partial charge in [-0.2, -0.15) is 13.2 Å². The van der Waals surface area contributed by atoms with Crippen LogP contribution in [0.3, 0.4) is 0 Å². The first-order valence-electron chi connectivity index (χ1n) is 6.09. The van der Waals surface area contributed by atoms with Gasteiger partial charge in [-0.05, 0) is 6.92 Å². The Labute approximate surface area is 119 Å². The summed E-state index contributed by atoms with van der Waals surface area (Å²) in [4.78, 5) is 24.2. The maximum atomic E-state index is 14.6. The predicted molar refractivity (Wildman–Crippen MR) is 62.8 cm³/mol. The van der Waals surface area contributed by atoms with Crippen LogP contribution in [0.2, 0.25) is 0 Å². The second-order valence-corrected chi connectivity index (χ2v) is 4.92. The van der Waals surface area contributed by atoms with Crippen LogP contribution in [0.25, 0.3) is 0 Å². The number of nitrogens with one attached hydrogen (secondary N) is 1. The van der Waals surface area contributed by atoms with E-state index in [1.807, 2.05) is 0 Å². The van der Waals surface area contributed by atoms with Gasteiger partial charge in [0.1, 0.15) is 12.2 Å². The van der Waals surface area contributed by atoms with Gasteiger partial charge >= 0.3 is 11.9 Å². The molecular weight excluding hydrogens is 316 g/mol. The van der Waals surface area contributed by atoms with Gasteiger partial charge in [-0.3, -0.25) is 14.3 Å². The molecule has 0 radical (unpaired) electrons. The molecule has 1 aromatic rings. The summed E-state index contributed by atoms with van der Waals surface area (Å²) in [5, 5.41) is 19.0. The van der Waals surface area contributed by atoms with Crippen molar-refractivity contribution in [3.05, 3.63) is 33.1 Å². The Kier molecular flexibility index (Phi) is 3.92. The fourth-order valence-electron chi connectivity index (χ4n) is 2.27. The molecule has 0 saturated carbocycles. The first-order valence-corrected chi connectivity index (χ1v) is 6.09. The molecule has 124 valence electrons. The standard InChI is InChI=1S/C11H12F4N2O5/c1-4(18)6-7(20)10(12,11(13,14)15)8(22-6)17-3-2-5(19)16-9(17)21/h2-4,6-8,18,20H,1H3,(H,16,19,21)/t4?,6-,7?,8-,10-/m1/s1. The number of halogens is 4. The maximum absolute atomic E-state index is 14.6. The van der Waals surface area contributed by atoms with E-state index in [2.05, 4.69) is 0 Å². The van der Waals surface area contributed by atoms with Gasteiger partial charge in [0.2, 0.25) is 0 Å². The van der Waals surface area contributed by atoms with Crippen LogP contribution in [0.5, 0.6) is 0 Å². The predicted octanol–water partition coefficient (Wildman–Crippen LogP) is -0.554. The summed E-state index contributed by atoms with van der Waals surface area (Å²) in [6.45, 7) is 1.00. The lowest BCUT2D eigenvalue weighted by atomic mass is 9.93. The monoisotopic (exact) mass is 328 g/mol. The number of nitrogens with zero attached hydrogens (tertiary/aromatic N) is 1. The van der Waals surface area contributed by atoms with Crippen molar-refractivity contribution in [2.24, 2.45) is 0 Å². The third-order valence-electron chi connectivity index (χ3n) is 3.40. The Bertz CT molecular complexity index is 669. The molecule has 0 spiro atoms. The quantitative estimate of drug-likeness (QED) is 0.632. The van der Waals surface area contributed by atoms with Crippen LogP contribution in [0.4, 0.5) is 17.6 Å². The maximum Gasteiger partial charge on any atom is 0.429 e. The minimum atomic E-state index is -5.59. The number of alkyl halides is 4. The van der Waals surface area contributed by atoms with Crippen molar-refractivity contribution < 1.29 is 32.5 Å². The number of aromatic amines is 1. The third-order valence-corrected chi connectivity index (χ3v) is 3.40. The van der Waals surface area contributed by atoms with Crippen molar-refractivity contribution >= 4 is 0 Å². The van der Waals surface area contributed by atoms with E-state index in [0.29, 0.717) is 12.3 Å². The molecule has 22 heavy (non-hydrogen) atoms. The Balaban J connectivity index is 2.61. The van der Waals surface area contributed by atoms with Crippen molar-refractivity contribution in [3.8, 4) is 0 Å². The molecule has 1 aliphatic heterocycles. The highest BCUT2D eigenvalue weighted by Gasteiger charge is 2.73. The van der Waals surface area contributed by atoms with E-state index < -0.39 is 47.6 Å². The van der Waals surface area contributed by atoms with E-state index in [9.17, 15) is 37.4 Å². The molecule has 1 fully saturated rings. The average molecular weight is 328 g/mol. The SMILES string of the molecule is CC(O)[C@H]1O[C@@H](n2ccc(=O)[nH]c2=O)[C@@](F)(C(F)(F)F)C1O. The molecule has 2 heterocycles. The summed E-state index contributed by atoms with van der Waals surface area (Å²) in [5.41, 5.74) is -6.58.